The molecule has 5 rings (SSSR count). The van der Waals surface area contributed by atoms with Crippen LogP contribution in [0.4, 0.5) is 11.9 Å². The van der Waals surface area contributed by atoms with Gasteiger partial charge in [0.15, 0.2) is 0 Å². The fourth-order valence-corrected chi connectivity index (χ4v) is 5.01. The Balaban J connectivity index is 1.69. The number of benzene rings is 2. The number of fused-ring (bicyclic) bond motifs is 2. The van der Waals surface area contributed by atoms with E-state index < -0.39 is 0 Å². The first-order valence-electron chi connectivity index (χ1n) is 9.20. The molecule has 2 bridgehead atoms. The van der Waals surface area contributed by atoms with Crippen LogP contribution in [-0.2, 0) is 10.8 Å². The van der Waals surface area contributed by atoms with Gasteiger partial charge < -0.3 is 11.5 Å². The Kier molecular flexibility index (Phi) is 3.34. The molecule has 2 aliphatic rings. The number of nitrogens with zero attached hydrogens (tertiary/aromatic N) is 3. The molecule has 1 saturated carbocycles. The van der Waals surface area contributed by atoms with Crippen molar-refractivity contribution in [2.45, 2.75) is 29.6 Å². The van der Waals surface area contributed by atoms with Crippen LogP contribution in [0.1, 0.15) is 35.7 Å². The first kappa shape index (κ1) is 16.0. The van der Waals surface area contributed by atoms with E-state index in [2.05, 4.69) is 81.7 Å². The number of hydrogen-bond donors (Lipinski definition) is 2. The van der Waals surface area contributed by atoms with Gasteiger partial charge in [-0.1, -0.05) is 72.8 Å². The molecule has 1 fully saturated rings. The van der Waals surface area contributed by atoms with E-state index in [9.17, 15) is 0 Å². The Morgan fingerprint density at radius 3 is 1.96 bits per heavy atom. The maximum atomic E-state index is 5.89. The number of allylic oxidation sites excluding steroid dienone is 2. The summed E-state index contributed by atoms with van der Waals surface area (Å²) in [6, 6.07) is 21.3. The Morgan fingerprint density at radius 2 is 1.33 bits per heavy atom. The molecule has 3 aromatic rings. The Bertz CT molecular complexity index is 997. The fraction of sp³-hybridized carbons (Fsp3) is 0.227. The number of nitrogens with two attached hydrogens (primary N) is 2. The van der Waals surface area contributed by atoms with E-state index in [1.54, 1.807) is 0 Å². The van der Waals surface area contributed by atoms with E-state index in [0.29, 0.717) is 5.82 Å². The van der Waals surface area contributed by atoms with E-state index in [-0.39, 0.29) is 28.6 Å². The quantitative estimate of drug-likeness (QED) is 0.703. The molecule has 5 nitrogen and oxygen atoms in total. The van der Waals surface area contributed by atoms with Gasteiger partial charge in [-0.05, 0) is 24.0 Å². The summed E-state index contributed by atoms with van der Waals surface area (Å²) in [5, 5.41) is 0. The number of anilines is 2. The molecule has 0 saturated heterocycles. The van der Waals surface area contributed by atoms with Gasteiger partial charge in [0.05, 0.1) is 0 Å². The SMILES string of the molecule is Nc1nc(N)nc(C2CC3(c4ccccc4)C=CC2(c2ccccc2)C3)n1. The van der Waals surface area contributed by atoms with Crippen molar-refractivity contribution in [3.05, 3.63) is 89.8 Å². The Morgan fingerprint density at radius 1 is 0.741 bits per heavy atom. The minimum Gasteiger partial charge on any atom is -0.368 e. The molecule has 1 aromatic heterocycles. The van der Waals surface area contributed by atoms with Crippen molar-refractivity contribution in [2.24, 2.45) is 0 Å². The van der Waals surface area contributed by atoms with Crippen LogP contribution in [0, 0.1) is 0 Å². The van der Waals surface area contributed by atoms with Crippen LogP contribution in [0.2, 0.25) is 0 Å². The minimum atomic E-state index is -0.169. The van der Waals surface area contributed by atoms with Crippen molar-refractivity contribution in [3.63, 3.8) is 0 Å². The van der Waals surface area contributed by atoms with Gasteiger partial charge in [0.1, 0.15) is 5.82 Å². The second kappa shape index (κ2) is 5.64. The van der Waals surface area contributed by atoms with Crippen molar-refractivity contribution in [2.75, 3.05) is 11.5 Å². The van der Waals surface area contributed by atoms with Crippen molar-refractivity contribution < 1.29 is 0 Å². The van der Waals surface area contributed by atoms with Crippen LogP contribution in [0.15, 0.2) is 72.8 Å². The third kappa shape index (κ3) is 2.35. The van der Waals surface area contributed by atoms with Crippen molar-refractivity contribution in [1.29, 1.82) is 0 Å². The van der Waals surface area contributed by atoms with E-state index >= 15 is 0 Å². The first-order chi connectivity index (χ1) is 13.1. The highest BCUT2D eigenvalue weighted by Crippen LogP contribution is 2.64. The molecule has 5 heteroatoms. The van der Waals surface area contributed by atoms with E-state index in [1.807, 2.05) is 6.07 Å². The summed E-state index contributed by atoms with van der Waals surface area (Å²) in [6.07, 6.45) is 6.63. The van der Waals surface area contributed by atoms with Crippen LogP contribution in [0.5, 0.6) is 0 Å². The van der Waals surface area contributed by atoms with Crippen LogP contribution < -0.4 is 11.5 Å². The third-order valence-corrected chi connectivity index (χ3v) is 6.16. The van der Waals surface area contributed by atoms with Crippen molar-refractivity contribution in [1.82, 2.24) is 15.0 Å². The smallest absolute Gasteiger partial charge is 0.225 e. The minimum absolute atomic E-state index is 0.0298. The molecule has 3 atom stereocenters. The summed E-state index contributed by atoms with van der Waals surface area (Å²) >= 11 is 0. The normalized spacial score (nSPS) is 28.5. The molecule has 0 spiro atoms. The van der Waals surface area contributed by atoms with Crippen LogP contribution >= 0.6 is 0 Å². The molecule has 134 valence electrons. The lowest BCUT2D eigenvalue weighted by atomic mass is 9.72. The topological polar surface area (TPSA) is 90.7 Å². The van der Waals surface area contributed by atoms with Gasteiger partial charge in [0, 0.05) is 16.7 Å². The zero-order chi connectivity index (χ0) is 18.5. The number of hydrogen-bond acceptors (Lipinski definition) is 5. The largest absolute Gasteiger partial charge is 0.368 e. The maximum absolute atomic E-state index is 5.89. The lowest BCUT2D eigenvalue weighted by molar-refractivity contribution is 0.471. The van der Waals surface area contributed by atoms with Gasteiger partial charge >= 0.3 is 0 Å². The number of aromatic nitrogens is 3. The molecular weight excluding hydrogens is 334 g/mol. The molecule has 2 aliphatic carbocycles. The molecule has 27 heavy (non-hydrogen) atoms. The van der Waals surface area contributed by atoms with Gasteiger partial charge in [-0.3, -0.25) is 0 Å². The zero-order valence-corrected chi connectivity index (χ0v) is 14.9. The third-order valence-electron chi connectivity index (χ3n) is 6.16. The van der Waals surface area contributed by atoms with E-state index in [1.165, 1.54) is 11.1 Å². The molecule has 0 amide bonds. The zero-order valence-electron chi connectivity index (χ0n) is 14.9. The van der Waals surface area contributed by atoms with Crippen molar-refractivity contribution >= 4 is 11.9 Å². The highest BCUT2D eigenvalue weighted by molar-refractivity contribution is 5.51. The standard InChI is InChI=1S/C22H21N5/c23-19-25-18(26-20(24)27-19)17-13-21(15-7-3-1-4-8-15)11-12-22(17,14-21)16-9-5-2-6-10-16/h1-12,17H,13-14H2,(H4,23,24,25,26,27). The molecule has 1 heterocycles. The molecule has 3 unspecified atom stereocenters. The van der Waals surface area contributed by atoms with Gasteiger partial charge in [0.25, 0.3) is 0 Å². The Hall–Kier alpha value is -3.21. The maximum Gasteiger partial charge on any atom is 0.225 e. The number of rotatable bonds is 3. The lowest BCUT2D eigenvalue weighted by Gasteiger charge is -2.32. The predicted molar refractivity (Wildman–Crippen MR) is 106 cm³/mol. The summed E-state index contributed by atoms with van der Waals surface area (Å²) in [5.41, 5.74) is 14.2. The second-order valence-electron chi connectivity index (χ2n) is 7.61. The van der Waals surface area contributed by atoms with Crippen LogP contribution in [-0.4, -0.2) is 15.0 Å². The molecule has 0 radical (unpaired) electrons. The highest BCUT2D eigenvalue weighted by Gasteiger charge is 2.59. The number of nitrogen functional groups attached to an aromatic ring is 2. The monoisotopic (exact) mass is 355 g/mol. The summed E-state index contributed by atoms with van der Waals surface area (Å²) in [5.74, 6) is 1.14. The molecule has 4 N–H and O–H groups in total. The van der Waals surface area contributed by atoms with E-state index in [0.717, 1.165) is 12.8 Å². The van der Waals surface area contributed by atoms with Gasteiger partial charge in [-0.2, -0.15) is 15.0 Å². The summed E-state index contributed by atoms with van der Waals surface area (Å²) in [7, 11) is 0. The fourth-order valence-electron chi connectivity index (χ4n) is 5.01. The molecule has 0 aliphatic heterocycles. The lowest BCUT2D eigenvalue weighted by Crippen LogP contribution is -2.28. The molecular formula is C22H21N5. The second-order valence-corrected chi connectivity index (χ2v) is 7.61. The predicted octanol–water partition coefficient (Wildman–Crippen LogP) is 3.36. The Labute approximate surface area is 158 Å². The summed E-state index contributed by atoms with van der Waals surface area (Å²) < 4.78 is 0. The van der Waals surface area contributed by atoms with Crippen LogP contribution in [0.3, 0.4) is 0 Å². The van der Waals surface area contributed by atoms with Gasteiger partial charge in [-0.25, -0.2) is 0 Å². The summed E-state index contributed by atoms with van der Waals surface area (Å²) in [4.78, 5) is 12.9. The average molecular weight is 355 g/mol. The summed E-state index contributed by atoms with van der Waals surface area (Å²) in [6.45, 7) is 0. The first-order valence-corrected chi connectivity index (χ1v) is 9.20. The van der Waals surface area contributed by atoms with E-state index in [4.69, 9.17) is 11.5 Å². The van der Waals surface area contributed by atoms with Crippen molar-refractivity contribution in [3.8, 4) is 0 Å². The highest BCUT2D eigenvalue weighted by atomic mass is 15.1. The molecule has 2 aromatic carbocycles. The van der Waals surface area contributed by atoms with Gasteiger partial charge in [-0.15, -0.1) is 0 Å². The van der Waals surface area contributed by atoms with Gasteiger partial charge in [0.2, 0.25) is 11.9 Å². The van der Waals surface area contributed by atoms with Crippen LogP contribution in [0.25, 0.3) is 0 Å². The average Bonchev–Trinajstić information content (AvgIpc) is 3.25.